The number of aliphatic hydroxyl groups excluding tert-OH is 1. The number of esters is 2. The van der Waals surface area contributed by atoms with E-state index in [-0.39, 0.29) is 42.2 Å². The predicted molar refractivity (Wildman–Crippen MR) is 181 cm³/mol. The van der Waals surface area contributed by atoms with Crippen LogP contribution in [0.5, 0.6) is 0 Å². The molecule has 0 radical (unpaired) electrons. The molecule has 1 unspecified atom stereocenters. The molecule has 0 aromatic rings. The van der Waals surface area contributed by atoms with E-state index in [2.05, 4.69) is 19.9 Å². The molecule has 0 aliphatic heterocycles. The second-order valence-corrected chi connectivity index (χ2v) is 12.3. The minimum Gasteiger partial charge on any atom is -0.506 e. The third-order valence-corrected chi connectivity index (χ3v) is 8.92. The molecule has 0 heterocycles. The van der Waals surface area contributed by atoms with Crippen LogP contribution in [0.3, 0.4) is 0 Å². The van der Waals surface area contributed by atoms with Crippen LogP contribution in [-0.2, 0) is 30.3 Å². The van der Waals surface area contributed by atoms with Gasteiger partial charge < -0.3 is 14.6 Å². The van der Waals surface area contributed by atoms with Crippen LogP contribution >= 0.6 is 0 Å². The lowest BCUT2D eigenvalue weighted by Crippen LogP contribution is -2.25. The number of rotatable bonds is 13. The van der Waals surface area contributed by atoms with E-state index < -0.39 is 0 Å². The molecule has 5 aliphatic rings. The molecular formula is C40H44O6. The highest BCUT2D eigenvalue weighted by molar-refractivity contribution is 6.40. The Morgan fingerprint density at radius 3 is 2.17 bits per heavy atom. The molecule has 0 saturated carbocycles. The molecule has 5 aliphatic carbocycles. The fourth-order valence-corrected chi connectivity index (χ4v) is 6.60. The normalized spacial score (nSPS) is 18.9. The largest absolute Gasteiger partial charge is 0.506 e. The van der Waals surface area contributed by atoms with Crippen molar-refractivity contribution in [1.29, 1.82) is 0 Å². The minimum absolute atomic E-state index is 0.00318. The standard InChI is InChI=1S/C40H44O6/c1-5-7-21-45-31(41)19-17-27-13-9-11-15-29-23-25(3)33(35(27)29)37-39(43)38(40(37)44)34-26(4)24-30-16-12-10-14-28(36(30)34)18-20-32(42)46-22-8-6-2/h9-16,23-25,43H,5-8,17-22H2,1-4H3. The lowest BCUT2D eigenvalue weighted by atomic mass is 9.75. The molecule has 1 N–H and O–H groups in total. The third-order valence-electron chi connectivity index (χ3n) is 8.92. The number of ether oxygens (including phenoxy) is 2. The third kappa shape index (κ3) is 6.72. The van der Waals surface area contributed by atoms with Gasteiger partial charge in [-0.3, -0.25) is 14.4 Å². The quantitative estimate of drug-likeness (QED) is 0.137. The molecular weight excluding hydrogens is 576 g/mol. The molecule has 0 fully saturated rings. The van der Waals surface area contributed by atoms with Gasteiger partial charge in [-0.25, -0.2) is 0 Å². The van der Waals surface area contributed by atoms with Gasteiger partial charge in [0.1, 0.15) is 5.76 Å². The molecule has 6 nitrogen and oxygen atoms in total. The van der Waals surface area contributed by atoms with Crippen molar-refractivity contribution < 1.29 is 29.0 Å². The average Bonchev–Trinajstić information content (AvgIpc) is 3.32. The first-order chi connectivity index (χ1) is 22.3. The molecule has 0 amide bonds. The van der Waals surface area contributed by atoms with Gasteiger partial charge in [-0.15, -0.1) is 0 Å². The Morgan fingerprint density at radius 1 is 0.848 bits per heavy atom. The lowest BCUT2D eigenvalue weighted by molar-refractivity contribution is -0.144. The number of allylic oxidation sites excluding steroid dienone is 11. The topological polar surface area (TPSA) is 89.9 Å². The highest BCUT2D eigenvalue weighted by Crippen LogP contribution is 2.51. The highest BCUT2D eigenvalue weighted by atomic mass is 16.5. The molecule has 0 spiro atoms. The summed E-state index contributed by atoms with van der Waals surface area (Å²) in [5.74, 6) is -0.769. The summed E-state index contributed by atoms with van der Waals surface area (Å²) in [4.78, 5) is 39.1. The van der Waals surface area contributed by atoms with Crippen LogP contribution in [0, 0.1) is 12.8 Å². The van der Waals surface area contributed by atoms with Gasteiger partial charge in [0.25, 0.3) is 0 Å². The van der Waals surface area contributed by atoms with Gasteiger partial charge in [0.05, 0.1) is 24.4 Å². The van der Waals surface area contributed by atoms with Crippen LogP contribution in [0.2, 0.25) is 0 Å². The second-order valence-electron chi connectivity index (χ2n) is 12.3. The molecule has 0 bridgehead atoms. The Labute approximate surface area is 272 Å². The number of hydrogen-bond acceptors (Lipinski definition) is 6. The summed E-state index contributed by atoms with van der Waals surface area (Å²) in [5.41, 5.74) is 8.66. The highest BCUT2D eigenvalue weighted by Gasteiger charge is 2.43. The zero-order chi connectivity index (χ0) is 32.8. The van der Waals surface area contributed by atoms with Crippen molar-refractivity contribution in [1.82, 2.24) is 0 Å². The Kier molecular flexibility index (Phi) is 10.6. The monoisotopic (exact) mass is 620 g/mol. The maximum Gasteiger partial charge on any atom is 0.306 e. The number of aliphatic hydroxyl groups is 1. The van der Waals surface area contributed by atoms with E-state index in [1.165, 1.54) is 0 Å². The fourth-order valence-electron chi connectivity index (χ4n) is 6.60. The Balaban J connectivity index is 1.52. The van der Waals surface area contributed by atoms with Gasteiger partial charge in [0, 0.05) is 24.3 Å². The number of hydrogen-bond donors (Lipinski definition) is 1. The number of aryl methyl sites for hydroxylation is 2. The smallest absolute Gasteiger partial charge is 0.306 e. The molecule has 5 rings (SSSR count). The lowest BCUT2D eigenvalue weighted by Gasteiger charge is -2.27. The summed E-state index contributed by atoms with van der Waals surface area (Å²) < 4.78 is 10.8. The number of unbranched alkanes of at least 4 members (excludes halogenated alkanes) is 2. The van der Waals surface area contributed by atoms with Crippen LogP contribution in [0.15, 0.2) is 94.3 Å². The molecule has 0 saturated heterocycles. The summed E-state index contributed by atoms with van der Waals surface area (Å²) in [6, 6.07) is 9.90. The van der Waals surface area contributed by atoms with E-state index in [0.717, 1.165) is 75.8 Å². The molecule has 0 aromatic heterocycles. The minimum atomic E-state index is -0.241. The number of carbonyl (C=O) groups is 3. The van der Waals surface area contributed by atoms with Crippen LogP contribution in [0.4, 0.5) is 0 Å². The van der Waals surface area contributed by atoms with Gasteiger partial charge in [0.2, 0.25) is 5.78 Å². The Hall–Kier alpha value is -4.45. The number of carbonyl (C=O) groups excluding carboxylic acids is 3. The van der Waals surface area contributed by atoms with Crippen LogP contribution in [0.25, 0.3) is 16.7 Å². The number of Topliss-reactive ketones (excluding diaryl/α,β-unsaturated/α-hetero) is 1. The summed E-state index contributed by atoms with van der Waals surface area (Å²) >= 11 is 0. The van der Waals surface area contributed by atoms with Crippen molar-refractivity contribution in [2.24, 2.45) is 5.92 Å². The van der Waals surface area contributed by atoms with Gasteiger partial charge in [-0.1, -0.05) is 94.3 Å². The van der Waals surface area contributed by atoms with E-state index in [0.29, 0.717) is 37.2 Å². The van der Waals surface area contributed by atoms with Crippen molar-refractivity contribution in [3.8, 4) is 11.1 Å². The molecule has 6 heteroatoms. The van der Waals surface area contributed by atoms with Crippen LogP contribution < -0.4 is 0 Å². The van der Waals surface area contributed by atoms with E-state index in [1.54, 1.807) is 0 Å². The van der Waals surface area contributed by atoms with Crippen molar-refractivity contribution >= 4 is 23.3 Å². The molecule has 0 aromatic carbocycles. The van der Waals surface area contributed by atoms with E-state index >= 15 is 0 Å². The Bertz CT molecular complexity index is 1690. The van der Waals surface area contributed by atoms with Crippen LogP contribution in [0.1, 0.15) is 82.4 Å². The maximum absolute atomic E-state index is 14.2. The zero-order valence-electron chi connectivity index (χ0n) is 27.4. The summed E-state index contributed by atoms with van der Waals surface area (Å²) in [6.45, 7) is 8.94. The van der Waals surface area contributed by atoms with Crippen molar-refractivity contribution in [3.63, 3.8) is 0 Å². The van der Waals surface area contributed by atoms with E-state index in [9.17, 15) is 19.5 Å². The fraction of sp³-hybridized carbons (Fsp3) is 0.375. The maximum atomic E-state index is 14.2. The first-order valence-electron chi connectivity index (χ1n) is 16.6. The predicted octanol–water partition coefficient (Wildman–Crippen LogP) is 8.65. The van der Waals surface area contributed by atoms with E-state index in [4.69, 9.17) is 9.47 Å². The average molecular weight is 621 g/mol. The van der Waals surface area contributed by atoms with Gasteiger partial charge in [-0.05, 0) is 77.2 Å². The number of ketones is 1. The van der Waals surface area contributed by atoms with Crippen LogP contribution in [-0.4, -0.2) is 36.0 Å². The van der Waals surface area contributed by atoms with Crippen molar-refractivity contribution in [3.05, 3.63) is 111 Å². The first-order valence-corrected chi connectivity index (χ1v) is 16.6. The van der Waals surface area contributed by atoms with Gasteiger partial charge >= 0.3 is 11.9 Å². The summed E-state index contributed by atoms with van der Waals surface area (Å²) in [7, 11) is 0. The first kappa shape index (κ1) is 32.9. The number of fused-ring (bicyclic) bond motifs is 2. The molecule has 240 valence electrons. The summed E-state index contributed by atoms with van der Waals surface area (Å²) in [6.07, 6.45) is 15.0. The van der Waals surface area contributed by atoms with Gasteiger partial charge in [0.15, 0.2) is 0 Å². The second kappa shape index (κ2) is 14.8. The van der Waals surface area contributed by atoms with E-state index in [1.807, 2.05) is 68.5 Å². The molecule has 1 atom stereocenters. The molecule has 46 heavy (non-hydrogen) atoms. The SMILES string of the molecule is CCCCOC(=O)CCC1=C2C(=CC(C)C2=C2C(=O)C(c3c(C)cc4ccccc(CCC(=O)OCCCC)c3-4)=C2O)C=CC=C1. The van der Waals surface area contributed by atoms with Crippen molar-refractivity contribution in [2.75, 3.05) is 13.2 Å². The zero-order valence-corrected chi connectivity index (χ0v) is 27.4. The Morgan fingerprint density at radius 2 is 1.50 bits per heavy atom. The van der Waals surface area contributed by atoms with Crippen molar-refractivity contribution in [2.45, 2.75) is 79.1 Å². The summed E-state index contributed by atoms with van der Waals surface area (Å²) in [5, 5.41) is 11.7. The van der Waals surface area contributed by atoms with Gasteiger partial charge in [-0.2, -0.15) is 0 Å².